The second kappa shape index (κ2) is 11.1. The highest BCUT2D eigenvalue weighted by atomic mass is 16.5. The number of fused-ring (bicyclic) bond motifs is 1. The van der Waals surface area contributed by atoms with Crippen LogP contribution in [0.15, 0.2) is 42.9 Å². The Bertz CT molecular complexity index is 975. The molecule has 0 radical (unpaired) electrons. The van der Waals surface area contributed by atoms with Gasteiger partial charge in [0.1, 0.15) is 12.1 Å². The minimum atomic E-state index is 0.616. The van der Waals surface area contributed by atoms with Crippen LogP contribution in [0.4, 0.5) is 11.5 Å². The molecule has 0 saturated carbocycles. The van der Waals surface area contributed by atoms with Crippen LogP contribution in [-0.4, -0.2) is 59.3 Å². The van der Waals surface area contributed by atoms with Gasteiger partial charge in [0.15, 0.2) is 0 Å². The van der Waals surface area contributed by atoms with Crippen LogP contribution in [-0.2, 0) is 22.5 Å². The predicted molar refractivity (Wildman–Crippen MR) is 123 cm³/mol. The fraction of sp³-hybridized carbons (Fsp3) is 0.458. The molecule has 7 heteroatoms. The number of hydrogen-bond acceptors (Lipinski definition) is 7. The van der Waals surface area contributed by atoms with E-state index in [1.807, 2.05) is 18.3 Å². The van der Waals surface area contributed by atoms with Crippen molar-refractivity contribution in [1.29, 1.82) is 0 Å². The van der Waals surface area contributed by atoms with Gasteiger partial charge in [0, 0.05) is 36.5 Å². The molecular weight excluding hydrogens is 390 g/mol. The Morgan fingerprint density at radius 1 is 1.13 bits per heavy atom. The summed E-state index contributed by atoms with van der Waals surface area (Å²) in [5.74, 6) is 0.799. The maximum Gasteiger partial charge on any atom is 0.141 e. The number of rotatable bonds is 10. The van der Waals surface area contributed by atoms with Gasteiger partial charge in [-0.15, -0.1) is 0 Å². The zero-order valence-electron chi connectivity index (χ0n) is 18.2. The van der Waals surface area contributed by atoms with E-state index in [2.05, 4.69) is 50.3 Å². The number of hydrogen-bond donors (Lipinski definition) is 1. The molecule has 1 aliphatic heterocycles. The second-order valence-electron chi connectivity index (χ2n) is 7.85. The Balaban J connectivity index is 1.44. The van der Waals surface area contributed by atoms with Crippen molar-refractivity contribution in [2.24, 2.45) is 0 Å². The number of aromatic nitrogens is 3. The molecular formula is C24H31N5O2. The Labute approximate surface area is 183 Å². The number of ether oxygens (including phenoxy) is 2. The van der Waals surface area contributed by atoms with Crippen LogP contribution in [0.5, 0.6) is 0 Å². The standard InChI is InChI=1S/C24H31N5O2/c1-2-11-31-17-19-5-3-6-21(14-19)28-24-22-15-20(25-16-23(22)26-18-27-24)7-4-8-29-9-12-30-13-10-29/h3,5-6,14-16,18H,2,4,7-13,17H2,1H3,(H,26,27,28). The summed E-state index contributed by atoms with van der Waals surface area (Å²) in [5, 5.41) is 4.45. The summed E-state index contributed by atoms with van der Waals surface area (Å²) in [6, 6.07) is 10.4. The molecule has 1 aliphatic rings. The van der Waals surface area contributed by atoms with E-state index in [-0.39, 0.29) is 0 Å². The molecule has 0 spiro atoms. The van der Waals surface area contributed by atoms with Gasteiger partial charge in [0.2, 0.25) is 0 Å². The van der Waals surface area contributed by atoms with E-state index in [0.29, 0.717) is 6.61 Å². The molecule has 0 bridgehead atoms. The number of pyridine rings is 1. The third-order valence-corrected chi connectivity index (χ3v) is 5.40. The number of nitrogens with one attached hydrogen (secondary N) is 1. The van der Waals surface area contributed by atoms with Crippen LogP contribution in [0.1, 0.15) is 31.0 Å². The molecule has 1 fully saturated rings. The van der Waals surface area contributed by atoms with Crippen molar-refractivity contribution in [3.8, 4) is 0 Å². The molecule has 0 atom stereocenters. The Morgan fingerprint density at radius 2 is 2.03 bits per heavy atom. The number of benzene rings is 1. The van der Waals surface area contributed by atoms with Gasteiger partial charge in [0.05, 0.1) is 31.5 Å². The van der Waals surface area contributed by atoms with Crippen LogP contribution in [0, 0.1) is 0 Å². The fourth-order valence-corrected chi connectivity index (χ4v) is 3.76. The first-order chi connectivity index (χ1) is 15.3. The lowest BCUT2D eigenvalue weighted by molar-refractivity contribution is 0.0374. The molecule has 3 heterocycles. The molecule has 164 valence electrons. The van der Waals surface area contributed by atoms with E-state index in [4.69, 9.17) is 9.47 Å². The normalized spacial score (nSPS) is 14.7. The van der Waals surface area contributed by atoms with Crippen LogP contribution in [0.2, 0.25) is 0 Å². The van der Waals surface area contributed by atoms with Crippen molar-refractivity contribution >= 4 is 22.4 Å². The summed E-state index contributed by atoms with van der Waals surface area (Å²) in [4.78, 5) is 16.0. The van der Waals surface area contributed by atoms with Crippen molar-refractivity contribution in [3.05, 3.63) is 54.1 Å². The summed E-state index contributed by atoms with van der Waals surface area (Å²) in [7, 11) is 0. The molecule has 7 nitrogen and oxygen atoms in total. The van der Waals surface area contributed by atoms with E-state index in [9.17, 15) is 0 Å². The number of anilines is 2. The zero-order chi connectivity index (χ0) is 21.3. The zero-order valence-corrected chi connectivity index (χ0v) is 18.2. The lowest BCUT2D eigenvalue weighted by atomic mass is 10.1. The second-order valence-corrected chi connectivity index (χ2v) is 7.85. The van der Waals surface area contributed by atoms with E-state index >= 15 is 0 Å². The average Bonchev–Trinajstić information content (AvgIpc) is 2.81. The third-order valence-electron chi connectivity index (χ3n) is 5.40. The summed E-state index contributed by atoms with van der Waals surface area (Å²) < 4.78 is 11.1. The van der Waals surface area contributed by atoms with E-state index in [0.717, 1.165) is 92.4 Å². The smallest absolute Gasteiger partial charge is 0.141 e. The first-order valence-corrected chi connectivity index (χ1v) is 11.2. The fourth-order valence-electron chi connectivity index (χ4n) is 3.76. The Hall–Kier alpha value is -2.61. The number of morpholine rings is 1. The van der Waals surface area contributed by atoms with Gasteiger partial charge in [-0.25, -0.2) is 9.97 Å². The molecule has 1 aromatic carbocycles. The largest absolute Gasteiger partial charge is 0.379 e. The highest BCUT2D eigenvalue weighted by Gasteiger charge is 2.11. The lowest BCUT2D eigenvalue weighted by Gasteiger charge is -2.26. The summed E-state index contributed by atoms with van der Waals surface area (Å²) >= 11 is 0. The summed E-state index contributed by atoms with van der Waals surface area (Å²) in [5.41, 5.74) is 4.04. The van der Waals surface area contributed by atoms with Crippen molar-refractivity contribution < 1.29 is 9.47 Å². The quantitative estimate of drug-likeness (QED) is 0.497. The molecule has 0 aliphatic carbocycles. The molecule has 31 heavy (non-hydrogen) atoms. The molecule has 1 saturated heterocycles. The van der Waals surface area contributed by atoms with Gasteiger partial charge in [-0.3, -0.25) is 9.88 Å². The minimum absolute atomic E-state index is 0.616. The Kier molecular flexibility index (Phi) is 7.76. The monoisotopic (exact) mass is 421 g/mol. The molecule has 0 amide bonds. The van der Waals surface area contributed by atoms with Gasteiger partial charge >= 0.3 is 0 Å². The molecule has 3 aromatic rings. The summed E-state index contributed by atoms with van der Waals surface area (Å²) in [6.45, 7) is 8.31. The van der Waals surface area contributed by atoms with Gasteiger partial charge in [-0.1, -0.05) is 19.1 Å². The maximum atomic E-state index is 5.67. The molecule has 1 N–H and O–H groups in total. The highest BCUT2D eigenvalue weighted by molar-refractivity contribution is 5.90. The predicted octanol–water partition coefficient (Wildman–Crippen LogP) is 3.96. The molecule has 2 aromatic heterocycles. The topological polar surface area (TPSA) is 72.4 Å². The minimum Gasteiger partial charge on any atom is -0.379 e. The van der Waals surface area contributed by atoms with Crippen molar-refractivity contribution in [1.82, 2.24) is 19.9 Å². The SMILES string of the molecule is CCCOCc1cccc(Nc2ncnc3cnc(CCCN4CCOCC4)cc23)c1. The first-order valence-electron chi connectivity index (χ1n) is 11.2. The first kappa shape index (κ1) is 21.6. The lowest BCUT2D eigenvalue weighted by Crippen LogP contribution is -2.36. The van der Waals surface area contributed by atoms with Crippen molar-refractivity contribution in [3.63, 3.8) is 0 Å². The van der Waals surface area contributed by atoms with E-state index < -0.39 is 0 Å². The molecule has 4 rings (SSSR count). The van der Waals surface area contributed by atoms with Gasteiger partial charge < -0.3 is 14.8 Å². The van der Waals surface area contributed by atoms with Crippen molar-refractivity contribution in [2.45, 2.75) is 32.8 Å². The van der Waals surface area contributed by atoms with E-state index in [1.54, 1.807) is 6.33 Å². The van der Waals surface area contributed by atoms with E-state index in [1.165, 1.54) is 0 Å². The van der Waals surface area contributed by atoms with Crippen molar-refractivity contribution in [2.75, 3.05) is 44.8 Å². The molecule has 0 unspecified atom stereocenters. The van der Waals surface area contributed by atoms with Crippen LogP contribution in [0.25, 0.3) is 10.9 Å². The highest BCUT2D eigenvalue weighted by Crippen LogP contribution is 2.24. The van der Waals surface area contributed by atoms with Crippen LogP contribution < -0.4 is 5.32 Å². The summed E-state index contributed by atoms with van der Waals surface area (Å²) in [6.07, 6.45) is 6.47. The number of nitrogens with zero attached hydrogens (tertiary/aromatic N) is 4. The third kappa shape index (κ3) is 6.19. The van der Waals surface area contributed by atoms with Gasteiger partial charge in [0.25, 0.3) is 0 Å². The maximum absolute atomic E-state index is 5.67. The Morgan fingerprint density at radius 3 is 2.90 bits per heavy atom. The van der Waals surface area contributed by atoms with Gasteiger partial charge in [-0.2, -0.15) is 0 Å². The van der Waals surface area contributed by atoms with Gasteiger partial charge in [-0.05, 0) is 49.6 Å². The van der Waals surface area contributed by atoms with Crippen LogP contribution >= 0.6 is 0 Å². The number of aryl methyl sites for hydroxylation is 1. The van der Waals surface area contributed by atoms with Crippen LogP contribution in [0.3, 0.4) is 0 Å². The average molecular weight is 422 g/mol.